The van der Waals surface area contributed by atoms with Crippen LogP contribution in [0.15, 0.2) is 11.4 Å². The van der Waals surface area contributed by atoms with Gasteiger partial charge in [0, 0.05) is 26.3 Å². The Morgan fingerprint density at radius 2 is 2.17 bits per heavy atom. The zero-order chi connectivity index (χ0) is 9.56. The van der Waals surface area contributed by atoms with E-state index in [9.17, 15) is 0 Å². The number of allylic oxidation sites excluding steroid dienone is 1. The molecule has 0 saturated carbocycles. The second-order valence-electron chi connectivity index (χ2n) is 2.46. The zero-order valence-corrected chi connectivity index (χ0v) is 8.27. The number of nitrogens with two attached hydrogens (primary N) is 2. The van der Waals surface area contributed by atoms with E-state index in [0.717, 1.165) is 5.70 Å². The largest absolute Gasteiger partial charge is 0.400 e. The van der Waals surface area contributed by atoms with Crippen molar-refractivity contribution in [2.75, 3.05) is 26.6 Å². The van der Waals surface area contributed by atoms with Gasteiger partial charge in [0.25, 0.3) is 0 Å². The molecule has 0 aliphatic rings. The summed E-state index contributed by atoms with van der Waals surface area (Å²) in [4.78, 5) is 0. The summed E-state index contributed by atoms with van der Waals surface area (Å²) in [5, 5.41) is 1.47. The van der Waals surface area contributed by atoms with Gasteiger partial charge < -0.3 is 15.5 Å². The van der Waals surface area contributed by atoms with E-state index in [1.807, 2.05) is 0 Å². The summed E-state index contributed by atoms with van der Waals surface area (Å²) >= 11 is 5.56. The Morgan fingerprint density at radius 1 is 1.58 bits per heavy atom. The first-order valence-electron chi connectivity index (χ1n) is 3.64. The van der Waals surface area contributed by atoms with Crippen molar-refractivity contribution in [1.29, 1.82) is 0 Å². The molecule has 0 rings (SSSR count). The van der Waals surface area contributed by atoms with Crippen molar-refractivity contribution in [2.24, 2.45) is 11.6 Å². The molecule has 0 unspecified atom stereocenters. The molecule has 0 atom stereocenters. The van der Waals surface area contributed by atoms with Crippen molar-refractivity contribution < 1.29 is 4.74 Å². The fraction of sp³-hybridized carbons (Fsp3) is 0.714. The predicted molar refractivity (Wildman–Crippen MR) is 50.4 cm³/mol. The van der Waals surface area contributed by atoms with Crippen molar-refractivity contribution in [3.8, 4) is 0 Å². The van der Waals surface area contributed by atoms with Crippen molar-refractivity contribution in [1.82, 2.24) is 5.01 Å². The molecule has 0 heterocycles. The van der Waals surface area contributed by atoms with Gasteiger partial charge in [0.2, 0.25) is 0 Å². The second-order valence-corrected chi connectivity index (χ2v) is 2.73. The minimum absolute atomic E-state index is 0.292. The smallest absolute Gasteiger partial charge is 0.0637 e. The van der Waals surface area contributed by atoms with Gasteiger partial charge in [0.15, 0.2) is 0 Å². The molecule has 12 heavy (non-hydrogen) atoms. The lowest BCUT2D eigenvalue weighted by atomic mass is 10.2. The Bertz CT molecular complexity index is 159. The third kappa shape index (κ3) is 3.80. The zero-order valence-electron chi connectivity index (χ0n) is 7.51. The third-order valence-corrected chi connectivity index (χ3v) is 1.77. The van der Waals surface area contributed by atoms with Crippen molar-refractivity contribution in [3.63, 3.8) is 0 Å². The topological polar surface area (TPSA) is 64.5 Å². The number of hydrogen-bond donors (Lipinski definition) is 2. The van der Waals surface area contributed by atoms with E-state index in [1.54, 1.807) is 14.2 Å². The van der Waals surface area contributed by atoms with Crippen LogP contribution >= 0.6 is 11.6 Å². The Morgan fingerprint density at radius 3 is 2.50 bits per heavy atom. The van der Waals surface area contributed by atoms with E-state index in [1.165, 1.54) is 5.01 Å². The number of hydrogen-bond acceptors (Lipinski definition) is 4. The normalized spacial score (nSPS) is 12.7. The van der Waals surface area contributed by atoms with Crippen LogP contribution in [0.4, 0.5) is 0 Å². The maximum absolute atomic E-state index is 5.63. The average molecular weight is 194 g/mol. The van der Waals surface area contributed by atoms with Crippen LogP contribution in [0, 0.1) is 0 Å². The average Bonchev–Trinajstić information content (AvgIpc) is 2.04. The molecule has 0 bridgehead atoms. The number of nitrogens with zero attached hydrogens (tertiary/aromatic N) is 1. The maximum atomic E-state index is 5.63. The molecule has 0 spiro atoms. The molecular weight excluding hydrogens is 178 g/mol. The molecule has 0 aromatic rings. The lowest BCUT2D eigenvalue weighted by Gasteiger charge is -2.18. The maximum Gasteiger partial charge on any atom is 0.0637 e. The molecule has 0 aliphatic carbocycles. The standard InChI is InChI=1S/C7H16ClN3O/c1-11(10)7(3-4-12-2)6(9)5-8/h3-5,9-10H2,1-2H3/b7-6-. The molecule has 4 N–H and O–H groups in total. The van der Waals surface area contributed by atoms with Gasteiger partial charge in [-0.05, 0) is 0 Å². The van der Waals surface area contributed by atoms with E-state index in [-0.39, 0.29) is 0 Å². The van der Waals surface area contributed by atoms with Gasteiger partial charge in [0.05, 0.1) is 18.2 Å². The van der Waals surface area contributed by atoms with Crippen LogP contribution in [0.5, 0.6) is 0 Å². The van der Waals surface area contributed by atoms with Crippen LogP contribution in [-0.4, -0.2) is 31.7 Å². The first-order valence-corrected chi connectivity index (χ1v) is 4.17. The fourth-order valence-corrected chi connectivity index (χ4v) is 0.994. The van der Waals surface area contributed by atoms with E-state index in [0.29, 0.717) is 24.6 Å². The summed E-state index contributed by atoms with van der Waals surface area (Å²) in [5.74, 6) is 5.83. The molecule has 0 radical (unpaired) electrons. The van der Waals surface area contributed by atoms with Gasteiger partial charge in [0.1, 0.15) is 0 Å². The number of ether oxygens (including phenoxy) is 1. The van der Waals surface area contributed by atoms with Crippen LogP contribution < -0.4 is 11.6 Å². The first-order chi connectivity index (χ1) is 5.63. The predicted octanol–water partition coefficient (Wildman–Crippen LogP) is 0.237. The monoisotopic (exact) mass is 193 g/mol. The van der Waals surface area contributed by atoms with E-state index < -0.39 is 0 Å². The van der Waals surface area contributed by atoms with Gasteiger partial charge in [-0.3, -0.25) is 0 Å². The summed E-state index contributed by atoms with van der Waals surface area (Å²) in [6.07, 6.45) is 0.683. The molecule has 0 aromatic carbocycles. The van der Waals surface area contributed by atoms with Gasteiger partial charge >= 0.3 is 0 Å². The molecule has 4 nitrogen and oxygen atoms in total. The van der Waals surface area contributed by atoms with Crippen LogP contribution in [0.3, 0.4) is 0 Å². The molecule has 0 aromatic heterocycles. The highest BCUT2D eigenvalue weighted by atomic mass is 35.5. The van der Waals surface area contributed by atoms with Gasteiger partial charge in [-0.15, -0.1) is 11.6 Å². The van der Waals surface area contributed by atoms with Crippen LogP contribution in [0.1, 0.15) is 6.42 Å². The molecule has 0 saturated heterocycles. The van der Waals surface area contributed by atoms with Gasteiger partial charge in [-0.1, -0.05) is 0 Å². The summed E-state index contributed by atoms with van der Waals surface area (Å²) < 4.78 is 4.90. The quantitative estimate of drug-likeness (QED) is 0.373. The minimum atomic E-state index is 0.292. The number of methoxy groups -OCH3 is 1. The van der Waals surface area contributed by atoms with Crippen molar-refractivity contribution >= 4 is 11.6 Å². The summed E-state index contributed by atoms with van der Waals surface area (Å²) in [6, 6.07) is 0. The van der Waals surface area contributed by atoms with Crippen molar-refractivity contribution in [2.45, 2.75) is 6.42 Å². The first kappa shape index (κ1) is 11.6. The lowest BCUT2D eigenvalue weighted by Crippen LogP contribution is -2.29. The molecule has 72 valence electrons. The van der Waals surface area contributed by atoms with E-state index in [2.05, 4.69) is 0 Å². The molecule has 0 amide bonds. The number of rotatable bonds is 5. The Balaban J connectivity index is 4.22. The van der Waals surface area contributed by atoms with E-state index >= 15 is 0 Å². The lowest BCUT2D eigenvalue weighted by molar-refractivity contribution is 0.193. The fourth-order valence-electron chi connectivity index (χ4n) is 0.839. The Labute approximate surface area is 78.1 Å². The molecule has 5 heteroatoms. The second kappa shape index (κ2) is 6.11. The summed E-state index contributed by atoms with van der Waals surface area (Å²) in [6.45, 7) is 0.592. The van der Waals surface area contributed by atoms with Gasteiger partial charge in [-0.25, -0.2) is 5.84 Å². The highest BCUT2D eigenvalue weighted by molar-refractivity contribution is 6.19. The molecule has 0 fully saturated rings. The summed E-state index contributed by atoms with van der Waals surface area (Å²) in [7, 11) is 3.36. The number of hydrazine groups is 1. The Kier molecular flexibility index (Phi) is 5.88. The van der Waals surface area contributed by atoms with Crippen LogP contribution in [0.25, 0.3) is 0 Å². The van der Waals surface area contributed by atoms with E-state index in [4.69, 9.17) is 27.9 Å². The molecular formula is C7H16ClN3O. The van der Waals surface area contributed by atoms with Crippen LogP contribution in [0.2, 0.25) is 0 Å². The number of halogens is 1. The van der Waals surface area contributed by atoms with Crippen molar-refractivity contribution in [3.05, 3.63) is 11.4 Å². The SMILES string of the molecule is COCC/C(=C(/N)CCl)N(C)N. The highest BCUT2D eigenvalue weighted by Crippen LogP contribution is 2.07. The van der Waals surface area contributed by atoms with Gasteiger partial charge in [-0.2, -0.15) is 0 Å². The Hall–Kier alpha value is -0.450. The minimum Gasteiger partial charge on any atom is -0.400 e. The van der Waals surface area contributed by atoms with Crippen LogP contribution in [-0.2, 0) is 4.74 Å². The highest BCUT2D eigenvalue weighted by Gasteiger charge is 2.05. The number of alkyl halides is 1. The molecule has 0 aliphatic heterocycles. The third-order valence-electron chi connectivity index (χ3n) is 1.48. The summed E-state index contributed by atoms with van der Waals surface area (Å²) in [5.41, 5.74) is 7.05.